The molecule has 25 heavy (non-hydrogen) atoms. The van der Waals surface area contributed by atoms with Crippen LogP contribution in [0.2, 0.25) is 0 Å². The lowest BCUT2D eigenvalue weighted by Gasteiger charge is -2.28. The van der Waals surface area contributed by atoms with Crippen molar-refractivity contribution in [2.75, 3.05) is 12.3 Å². The van der Waals surface area contributed by atoms with E-state index in [0.29, 0.717) is 17.0 Å². The number of carbonyl (C=O) groups is 1. The van der Waals surface area contributed by atoms with Crippen LogP contribution >= 0.6 is 11.8 Å². The molecule has 1 atom stereocenters. The Morgan fingerprint density at radius 2 is 1.88 bits per heavy atom. The zero-order valence-corrected chi connectivity index (χ0v) is 14.8. The number of halogens is 2. The van der Waals surface area contributed by atoms with Crippen LogP contribution < -0.4 is 0 Å². The minimum atomic E-state index is -0.921. The average Bonchev–Trinajstić information content (AvgIpc) is 2.63. The van der Waals surface area contributed by atoms with E-state index in [4.69, 9.17) is 5.26 Å². The van der Waals surface area contributed by atoms with Crippen LogP contribution in [0.5, 0.6) is 0 Å². The molecule has 2 rings (SSSR count). The maximum atomic E-state index is 13.2. The van der Waals surface area contributed by atoms with Crippen molar-refractivity contribution in [1.29, 1.82) is 5.26 Å². The first-order valence-corrected chi connectivity index (χ1v) is 8.82. The molecule has 0 aliphatic carbocycles. The van der Waals surface area contributed by atoms with Gasteiger partial charge < -0.3 is 4.90 Å². The number of amides is 1. The fourth-order valence-electron chi connectivity index (χ4n) is 2.48. The van der Waals surface area contributed by atoms with Crippen LogP contribution in [-0.4, -0.2) is 23.1 Å². The summed E-state index contributed by atoms with van der Waals surface area (Å²) < 4.78 is 26.2. The summed E-state index contributed by atoms with van der Waals surface area (Å²) in [7, 11) is 0. The van der Waals surface area contributed by atoms with Crippen molar-refractivity contribution in [2.45, 2.75) is 24.8 Å². The molecule has 0 saturated heterocycles. The Kier molecular flexibility index (Phi) is 6.54. The third-order valence-electron chi connectivity index (χ3n) is 3.90. The Morgan fingerprint density at radius 3 is 2.44 bits per heavy atom. The zero-order chi connectivity index (χ0) is 18.4. The normalized spacial score (nSPS) is 11.6. The molecule has 2 aromatic carbocycles. The van der Waals surface area contributed by atoms with Crippen LogP contribution in [0.15, 0.2) is 47.4 Å². The van der Waals surface area contributed by atoms with Crippen molar-refractivity contribution in [3.63, 3.8) is 0 Å². The zero-order valence-electron chi connectivity index (χ0n) is 14.0. The van der Waals surface area contributed by atoms with E-state index in [1.54, 1.807) is 17.0 Å². The fourth-order valence-corrected chi connectivity index (χ4v) is 3.28. The quantitative estimate of drug-likeness (QED) is 0.711. The largest absolute Gasteiger partial charge is 0.335 e. The molecule has 0 bridgehead atoms. The van der Waals surface area contributed by atoms with Gasteiger partial charge in [0.1, 0.15) is 0 Å². The van der Waals surface area contributed by atoms with Crippen molar-refractivity contribution in [3.8, 4) is 6.07 Å². The smallest absolute Gasteiger partial charge is 0.233 e. The van der Waals surface area contributed by atoms with Crippen molar-refractivity contribution < 1.29 is 13.6 Å². The second-order valence-electron chi connectivity index (χ2n) is 5.45. The standard InChI is InChI=1S/C19H18F2N2OS/c1-3-23(13(2)15-6-4-14(11-22)5-7-15)19(24)12-25-16-8-9-17(20)18(21)10-16/h4-10,13H,3,12H2,1-2H3. The van der Waals surface area contributed by atoms with Gasteiger partial charge in [0.2, 0.25) is 5.91 Å². The lowest BCUT2D eigenvalue weighted by Crippen LogP contribution is -2.34. The highest BCUT2D eigenvalue weighted by atomic mass is 32.2. The summed E-state index contributed by atoms with van der Waals surface area (Å²) in [5.74, 6) is -1.77. The third kappa shape index (κ3) is 4.80. The number of rotatable bonds is 6. The highest BCUT2D eigenvalue weighted by molar-refractivity contribution is 8.00. The highest BCUT2D eigenvalue weighted by Gasteiger charge is 2.20. The SMILES string of the molecule is CCN(C(=O)CSc1ccc(F)c(F)c1)C(C)c1ccc(C#N)cc1. The summed E-state index contributed by atoms with van der Waals surface area (Å²) >= 11 is 1.17. The van der Waals surface area contributed by atoms with Gasteiger partial charge in [-0.25, -0.2) is 8.78 Å². The Hall–Kier alpha value is -2.39. The molecule has 0 spiro atoms. The second-order valence-corrected chi connectivity index (χ2v) is 6.50. The summed E-state index contributed by atoms with van der Waals surface area (Å²) in [6.07, 6.45) is 0. The maximum absolute atomic E-state index is 13.2. The number of benzene rings is 2. The molecule has 0 fully saturated rings. The Morgan fingerprint density at radius 1 is 1.20 bits per heavy atom. The second kappa shape index (κ2) is 8.63. The van der Waals surface area contributed by atoms with Gasteiger partial charge in [0.15, 0.2) is 11.6 Å². The Bertz CT molecular complexity index is 787. The van der Waals surface area contributed by atoms with Crippen LogP contribution in [0.4, 0.5) is 8.78 Å². The molecule has 2 aromatic rings. The van der Waals surface area contributed by atoms with Gasteiger partial charge in [0.05, 0.1) is 23.4 Å². The molecule has 0 aliphatic heterocycles. The predicted octanol–water partition coefficient (Wildman–Crippen LogP) is 4.54. The van der Waals surface area contributed by atoms with E-state index in [1.165, 1.54) is 17.8 Å². The minimum absolute atomic E-state index is 0.0888. The Balaban J connectivity index is 2.03. The van der Waals surface area contributed by atoms with Crippen LogP contribution in [0.3, 0.4) is 0 Å². The topological polar surface area (TPSA) is 44.1 Å². The maximum Gasteiger partial charge on any atom is 0.233 e. The first-order valence-electron chi connectivity index (χ1n) is 7.83. The monoisotopic (exact) mass is 360 g/mol. The van der Waals surface area contributed by atoms with Crippen molar-refractivity contribution >= 4 is 17.7 Å². The lowest BCUT2D eigenvalue weighted by atomic mass is 10.1. The number of hydrogen-bond acceptors (Lipinski definition) is 3. The van der Waals surface area contributed by atoms with Gasteiger partial charge in [0.25, 0.3) is 0 Å². The van der Waals surface area contributed by atoms with Crippen LogP contribution in [0.25, 0.3) is 0 Å². The number of nitrogens with zero attached hydrogens (tertiary/aromatic N) is 2. The van der Waals surface area contributed by atoms with E-state index < -0.39 is 11.6 Å². The van der Waals surface area contributed by atoms with Gasteiger partial charge in [-0.3, -0.25) is 4.79 Å². The van der Waals surface area contributed by atoms with Gasteiger partial charge in [0, 0.05) is 11.4 Å². The molecule has 0 N–H and O–H groups in total. The van der Waals surface area contributed by atoms with Gasteiger partial charge in [-0.1, -0.05) is 12.1 Å². The Labute approximate surface area is 150 Å². The van der Waals surface area contributed by atoms with E-state index in [2.05, 4.69) is 6.07 Å². The molecule has 0 saturated carbocycles. The van der Waals surface area contributed by atoms with E-state index in [1.807, 2.05) is 26.0 Å². The molecular weight excluding hydrogens is 342 g/mol. The number of nitriles is 1. The number of thioether (sulfide) groups is 1. The number of hydrogen-bond donors (Lipinski definition) is 0. The fraction of sp³-hybridized carbons (Fsp3) is 0.263. The molecule has 3 nitrogen and oxygen atoms in total. The summed E-state index contributed by atoms with van der Waals surface area (Å²) in [4.78, 5) is 14.7. The highest BCUT2D eigenvalue weighted by Crippen LogP contribution is 2.24. The van der Waals surface area contributed by atoms with E-state index in [-0.39, 0.29) is 17.7 Å². The van der Waals surface area contributed by atoms with Crippen molar-refractivity contribution in [2.24, 2.45) is 0 Å². The van der Waals surface area contributed by atoms with Gasteiger partial charge in [-0.05, 0) is 49.7 Å². The van der Waals surface area contributed by atoms with Gasteiger partial charge >= 0.3 is 0 Å². The molecular formula is C19H18F2N2OS. The molecule has 0 aliphatic rings. The van der Waals surface area contributed by atoms with Crippen LogP contribution in [-0.2, 0) is 4.79 Å². The summed E-state index contributed by atoms with van der Waals surface area (Å²) in [6.45, 7) is 4.34. The van der Waals surface area contributed by atoms with E-state index in [0.717, 1.165) is 17.7 Å². The van der Waals surface area contributed by atoms with Crippen LogP contribution in [0, 0.1) is 23.0 Å². The first-order chi connectivity index (χ1) is 12.0. The van der Waals surface area contributed by atoms with E-state index in [9.17, 15) is 13.6 Å². The first kappa shape index (κ1) is 18.9. The predicted molar refractivity (Wildman–Crippen MR) is 94.0 cm³/mol. The molecule has 0 heterocycles. The molecule has 0 radical (unpaired) electrons. The molecule has 130 valence electrons. The van der Waals surface area contributed by atoms with Crippen molar-refractivity contribution in [3.05, 3.63) is 65.2 Å². The molecule has 0 aromatic heterocycles. The molecule has 1 unspecified atom stereocenters. The average molecular weight is 360 g/mol. The van der Waals surface area contributed by atoms with Gasteiger partial charge in [-0.2, -0.15) is 5.26 Å². The lowest BCUT2D eigenvalue weighted by molar-refractivity contribution is -0.130. The molecule has 1 amide bonds. The number of carbonyl (C=O) groups excluding carboxylic acids is 1. The molecule has 6 heteroatoms. The summed E-state index contributed by atoms with van der Waals surface area (Å²) in [5, 5.41) is 8.86. The minimum Gasteiger partial charge on any atom is -0.335 e. The van der Waals surface area contributed by atoms with Crippen LogP contribution in [0.1, 0.15) is 31.0 Å². The summed E-state index contributed by atoms with van der Waals surface area (Å²) in [6, 6.07) is 12.6. The van der Waals surface area contributed by atoms with E-state index >= 15 is 0 Å². The third-order valence-corrected chi connectivity index (χ3v) is 4.88. The van der Waals surface area contributed by atoms with Crippen molar-refractivity contribution in [1.82, 2.24) is 4.90 Å². The van der Waals surface area contributed by atoms with Gasteiger partial charge in [-0.15, -0.1) is 11.8 Å². The summed E-state index contributed by atoms with van der Waals surface area (Å²) in [5.41, 5.74) is 1.51.